The molecule has 0 radical (unpaired) electrons. The highest BCUT2D eigenvalue weighted by atomic mass is 79.9. The third-order valence-electron chi connectivity index (χ3n) is 5.91. The normalized spacial score (nSPS) is 35.6. The van der Waals surface area contributed by atoms with E-state index in [1.807, 2.05) is 0 Å². The predicted octanol–water partition coefficient (Wildman–Crippen LogP) is 5.31. The van der Waals surface area contributed by atoms with Crippen LogP contribution in [0.3, 0.4) is 0 Å². The molecule has 0 N–H and O–H groups in total. The lowest BCUT2D eigenvalue weighted by Crippen LogP contribution is -2.48. The zero-order chi connectivity index (χ0) is 15.4. The van der Waals surface area contributed by atoms with Crippen molar-refractivity contribution in [1.82, 2.24) is 0 Å². The molecular formula is C18H29BrO3. The Kier molecular flexibility index (Phi) is 5.69. The lowest BCUT2D eigenvalue weighted by Gasteiger charge is -2.56. The van der Waals surface area contributed by atoms with Gasteiger partial charge in [0.15, 0.2) is 0 Å². The number of carbonyl (C=O) groups excluding carboxylic acids is 1. The van der Waals surface area contributed by atoms with Crippen LogP contribution in [0.2, 0.25) is 0 Å². The molecule has 4 aliphatic rings. The minimum absolute atomic E-state index is 0.295. The number of hydrogen-bond donors (Lipinski definition) is 0. The van der Waals surface area contributed by atoms with Crippen molar-refractivity contribution in [3.05, 3.63) is 0 Å². The summed E-state index contributed by atoms with van der Waals surface area (Å²) in [7, 11) is 0. The van der Waals surface area contributed by atoms with Gasteiger partial charge in [-0.15, -0.1) is 0 Å². The monoisotopic (exact) mass is 372 g/mol. The SMILES string of the molecule is O=C(OCCCCCCBr)OCC12CC3CC(CC(C3)C1)C2. The lowest BCUT2D eigenvalue weighted by molar-refractivity contribution is -0.0899. The minimum atomic E-state index is -0.448. The number of alkyl halides is 1. The summed E-state index contributed by atoms with van der Waals surface area (Å²) in [5.74, 6) is 2.71. The second kappa shape index (κ2) is 7.55. The summed E-state index contributed by atoms with van der Waals surface area (Å²) in [5.41, 5.74) is 0.295. The van der Waals surface area contributed by atoms with Crippen molar-refractivity contribution in [1.29, 1.82) is 0 Å². The first kappa shape index (κ1) is 16.6. The number of hydrogen-bond acceptors (Lipinski definition) is 3. The van der Waals surface area contributed by atoms with Gasteiger partial charge in [-0.2, -0.15) is 0 Å². The van der Waals surface area contributed by atoms with Crippen LogP contribution in [0.25, 0.3) is 0 Å². The third kappa shape index (κ3) is 4.18. The van der Waals surface area contributed by atoms with E-state index in [2.05, 4.69) is 15.9 Å². The number of ether oxygens (including phenoxy) is 2. The molecule has 0 aromatic rings. The van der Waals surface area contributed by atoms with Crippen molar-refractivity contribution in [2.24, 2.45) is 23.2 Å². The molecule has 22 heavy (non-hydrogen) atoms. The van der Waals surface area contributed by atoms with Gasteiger partial charge in [0.1, 0.15) is 6.61 Å². The number of carbonyl (C=O) groups is 1. The van der Waals surface area contributed by atoms with Crippen molar-refractivity contribution in [2.45, 2.75) is 64.2 Å². The van der Waals surface area contributed by atoms with Gasteiger partial charge < -0.3 is 9.47 Å². The van der Waals surface area contributed by atoms with Gasteiger partial charge in [-0.3, -0.25) is 0 Å². The lowest BCUT2D eigenvalue weighted by atomic mass is 9.50. The van der Waals surface area contributed by atoms with Crippen LogP contribution < -0.4 is 0 Å². The van der Waals surface area contributed by atoms with Gasteiger partial charge in [0.05, 0.1) is 6.61 Å². The van der Waals surface area contributed by atoms with Crippen LogP contribution in [0.15, 0.2) is 0 Å². The van der Waals surface area contributed by atoms with Crippen LogP contribution in [0, 0.1) is 23.2 Å². The Morgan fingerprint density at radius 1 is 0.909 bits per heavy atom. The van der Waals surface area contributed by atoms with Gasteiger partial charge in [0, 0.05) is 10.7 Å². The number of halogens is 1. The maximum atomic E-state index is 11.8. The fraction of sp³-hybridized carbons (Fsp3) is 0.944. The predicted molar refractivity (Wildman–Crippen MR) is 90.2 cm³/mol. The molecule has 4 heteroatoms. The molecule has 0 aromatic carbocycles. The molecule has 0 aromatic heterocycles. The highest BCUT2D eigenvalue weighted by Crippen LogP contribution is 2.60. The van der Waals surface area contributed by atoms with E-state index in [0.29, 0.717) is 18.6 Å². The first-order chi connectivity index (χ1) is 10.7. The average molecular weight is 373 g/mol. The number of rotatable bonds is 8. The van der Waals surface area contributed by atoms with E-state index >= 15 is 0 Å². The van der Waals surface area contributed by atoms with E-state index in [0.717, 1.165) is 35.9 Å². The first-order valence-corrected chi connectivity index (χ1v) is 10.2. The summed E-state index contributed by atoms with van der Waals surface area (Å²) in [4.78, 5) is 11.8. The summed E-state index contributed by atoms with van der Waals surface area (Å²) in [6.45, 7) is 1.10. The second-order valence-corrected chi connectivity index (χ2v) is 8.70. The molecule has 0 aliphatic heterocycles. The van der Waals surface area contributed by atoms with Gasteiger partial charge in [0.2, 0.25) is 0 Å². The van der Waals surface area contributed by atoms with E-state index in [1.54, 1.807) is 0 Å². The summed E-state index contributed by atoms with van der Waals surface area (Å²) in [6.07, 6.45) is 12.1. The molecule has 4 rings (SSSR count). The van der Waals surface area contributed by atoms with Gasteiger partial charge in [-0.1, -0.05) is 28.8 Å². The molecule has 4 bridgehead atoms. The van der Waals surface area contributed by atoms with Crippen LogP contribution >= 0.6 is 15.9 Å². The van der Waals surface area contributed by atoms with Crippen LogP contribution in [0.5, 0.6) is 0 Å². The highest BCUT2D eigenvalue weighted by Gasteiger charge is 2.51. The maximum Gasteiger partial charge on any atom is 0.508 e. The molecule has 0 atom stereocenters. The largest absolute Gasteiger partial charge is 0.508 e. The zero-order valence-corrected chi connectivity index (χ0v) is 15.1. The number of unbranched alkanes of at least 4 members (excludes halogenated alkanes) is 3. The molecule has 0 heterocycles. The van der Waals surface area contributed by atoms with E-state index < -0.39 is 6.16 Å². The van der Waals surface area contributed by atoms with E-state index in [4.69, 9.17) is 9.47 Å². The third-order valence-corrected chi connectivity index (χ3v) is 6.47. The van der Waals surface area contributed by atoms with E-state index in [-0.39, 0.29) is 0 Å². The molecule has 0 saturated heterocycles. The van der Waals surface area contributed by atoms with Crippen LogP contribution in [0.1, 0.15) is 64.2 Å². The summed E-state index contributed by atoms with van der Waals surface area (Å²) >= 11 is 3.42. The molecular weight excluding hydrogens is 344 g/mol. The topological polar surface area (TPSA) is 35.5 Å². The Labute approximate surface area is 142 Å². The average Bonchev–Trinajstić information content (AvgIpc) is 2.47. The van der Waals surface area contributed by atoms with Crippen LogP contribution in [-0.4, -0.2) is 24.7 Å². The van der Waals surface area contributed by atoms with Gasteiger partial charge in [-0.25, -0.2) is 4.79 Å². The zero-order valence-electron chi connectivity index (χ0n) is 13.5. The molecule has 0 unspecified atom stereocenters. The Morgan fingerprint density at radius 2 is 1.50 bits per heavy atom. The van der Waals surface area contributed by atoms with Crippen LogP contribution in [-0.2, 0) is 9.47 Å². The summed E-state index contributed by atoms with van der Waals surface area (Å²) in [5, 5.41) is 1.06. The molecule has 4 saturated carbocycles. The second-order valence-electron chi connectivity index (χ2n) is 7.91. The van der Waals surface area contributed by atoms with Crippen molar-refractivity contribution in [3.63, 3.8) is 0 Å². The summed E-state index contributed by atoms with van der Waals surface area (Å²) < 4.78 is 10.7. The van der Waals surface area contributed by atoms with E-state index in [9.17, 15) is 4.79 Å². The standard InChI is InChI=1S/C18H29BrO3/c19-5-3-1-2-4-6-21-17(20)22-13-18-10-14-7-15(11-18)9-16(8-14)12-18/h14-16H,1-13H2. The molecule has 0 spiro atoms. The molecule has 4 fully saturated rings. The fourth-order valence-electron chi connectivity index (χ4n) is 5.43. The molecule has 4 aliphatic carbocycles. The maximum absolute atomic E-state index is 11.8. The Morgan fingerprint density at radius 3 is 2.09 bits per heavy atom. The van der Waals surface area contributed by atoms with Crippen molar-refractivity contribution in [3.8, 4) is 0 Å². The van der Waals surface area contributed by atoms with Crippen molar-refractivity contribution < 1.29 is 14.3 Å². The first-order valence-electron chi connectivity index (χ1n) is 9.05. The van der Waals surface area contributed by atoms with Gasteiger partial charge >= 0.3 is 6.16 Å². The molecule has 0 amide bonds. The van der Waals surface area contributed by atoms with Gasteiger partial charge in [0.25, 0.3) is 0 Å². The van der Waals surface area contributed by atoms with Gasteiger partial charge in [-0.05, 0) is 69.1 Å². The Hall–Kier alpha value is -0.250. The molecule has 3 nitrogen and oxygen atoms in total. The molecule has 126 valence electrons. The highest BCUT2D eigenvalue weighted by molar-refractivity contribution is 9.09. The Balaban J connectivity index is 1.33. The van der Waals surface area contributed by atoms with Crippen LogP contribution in [0.4, 0.5) is 4.79 Å². The Bertz CT molecular complexity index is 347. The minimum Gasteiger partial charge on any atom is -0.434 e. The van der Waals surface area contributed by atoms with Crippen molar-refractivity contribution >= 4 is 22.1 Å². The van der Waals surface area contributed by atoms with Crippen molar-refractivity contribution in [2.75, 3.05) is 18.5 Å². The summed E-state index contributed by atoms with van der Waals surface area (Å²) in [6, 6.07) is 0. The quantitative estimate of drug-likeness (QED) is 0.329. The van der Waals surface area contributed by atoms with E-state index in [1.165, 1.54) is 51.4 Å². The smallest absolute Gasteiger partial charge is 0.434 e. The fourth-order valence-corrected chi connectivity index (χ4v) is 5.82.